The number of rotatable bonds is 7. The van der Waals surface area contributed by atoms with E-state index in [1.807, 2.05) is 91.9 Å². The van der Waals surface area contributed by atoms with Gasteiger partial charge in [0.25, 0.3) is 5.91 Å². The molecule has 3 aromatic rings. The zero-order valence-corrected chi connectivity index (χ0v) is 18.6. The second-order valence-electron chi connectivity index (χ2n) is 6.77. The Morgan fingerprint density at radius 3 is 2.35 bits per heavy atom. The van der Waals surface area contributed by atoms with E-state index in [1.165, 1.54) is 11.8 Å². The predicted molar refractivity (Wildman–Crippen MR) is 130 cm³/mol. The van der Waals surface area contributed by atoms with Crippen LogP contribution in [0.15, 0.2) is 83.8 Å². The first-order chi connectivity index (χ1) is 15.2. The van der Waals surface area contributed by atoms with Crippen molar-refractivity contribution >= 4 is 46.0 Å². The van der Waals surface area contributed by atoms with Gasteiger partial charge in [-0.1, -0.05) is 78.6 Å². The van der Waals surface area contributed by atoms with Crippen molar-refractivity contribution in [2.24, 2.45) is 0 Å². The van der Waals surface area contributed by atoms with Crippen LogP contribution in [0, 0.1) is 0 Å². The molecule has 1 heterocycles. The van der Waals surface area contributed by atoms with Gasteiger partial charge in [-0.15, -0.1) is 0 Å². The molecule has 1 amide bonds. The number of thioether (sulfide) groups is 1. The summed E-state index contributed by atoms with van der Waals surface area (Å²) in [5.41, 5.74) is 2.70. The molecule has 1 saturated heterocycles. The van der Waals surface area contributed by atoms with Gasteiger partial charge in [0.15, 0.2) is 15.8 Å². The maximum absolute atomic E-state index is 13.0. The molecule has 1 aliphatic rings. The van der Waals surface area contributed by atoms with Crippen molar-refractivity contribution in [2.75, 3.05) is 11.5 Å². The van der Waals surface area contributed by atoms with Crippen LogP contribution in [-0.4, -0.2) is 16.8 Å². The monoisotopic (exact) mass is 447 g/mol. The highest BCUT2D eigenvalue weighted by molar-refractivity contribution is 8.27. The van der Waals surface area contributed by atoms with Crippen LogP contribution in [0.4, 0.5) is 5.69 Å². The van der Waals surface area contributed by atoms with Crippen LogP contribution in [0.1, 0.15) is 18.1 Å². The molecule has 4 rings (SSSR count). The van der Waals surface area contributed by atoms with Crippen LogP contribution in [0.3, 0.4) is 0 Å². The molecule has 6 heteroatoms. The summed E-state index contributed by atoms with van der Waals surface area (Å²) < 4.78 is 12.3. The lowest BCUT2D eigenvalue weighted by Gasteiger charge is -2.14. The van der Waals surface area contributed by atoms with Crippen LogP contribution in [-0.2, 0) is 11.4 Å². The Bertz CT molecular complexity index is 1110. The van der Waals surface area contributed by atoms with Gasteiger partial charge in [0.05, 0.1) is 17.2 Å². The average Bonchev–Trinajstić information content (AvgIpc) is 3.07. The van der Waals surface area contributed by atoms with Gasteiger partial charge in [0.1, 0.15) is 6.61 Å². The van der Waals surface area contributed by atoms with Crippen LogP contribution >= 0.6 is 24.0 Å². The number of anilines is 1. The first kappa shape index (κ1) is 21.2. The molecular weight excluding hydrogens is 426 g/mol. The largest absolute Gasteiger partial charge is 0.490 e. The number of para-hydroxylation sites is 1. The highest BCUT2D eigenvalue weighted by Crippen LogP contribution is 2.37. The first-order valence-corrected chi connectivity index (χ1v) is 11.1. The van der Waals surface area contributed by atoms with Crippen molar-refractivity contribution < 1.29 is 14.3 Å². The standard InChI is InChI=1S/C25H21NO3S2/c1-2-28-22-15-19(13-14-21(22)29-17-18-9-5-3-6-10-18)16-23-24(27)26(25(30)31-23)20-11-7-4-8-12-20/h3-16H,2,17H2,1H3/b23-16+. The summed E-state index contributed by atoms with van der Waals surface area (Å²) in [5, 5.41) is 0. The Balaban J connectivity index is 1.55. The van der Waals surface area contributed by atoms with E-state index in [2.05, 4.69) is 0 Å². The highest BCUT2D eigenvalue weighted by atomic mass is 32.2. The quantitative estimate of drug-likeness (QED) is 0.325. The molecule has 0 aliphatic carbocycles. The summed E-state index contributed by atoms with van der Waals surface area (Å²) in [6.45, 7) is 2.90. The lowest BCUT2D eigenvalue weighted by Crippen LogP contribution is -2.27. The lowest BCUT2D eigenvalue weighted by atomic mass is 10.1. The summed E-state index contributed by atoms with van der Waals surface area (Å²) in [6, 6.07) is 25.1. The van der Waals surface area contributed by atoms with Crippen LogP contribution in [0.2, 0.25) is 0 Å². The Morgan fingerprint density at radius 1 is 0.935 bits per heavy atom. The molecule has 0 spiro atoms. The molecule has 156 valence electrons. The van der Waals surface area contributed by atoms with Gasteiger partial charge in [-0.2, -0.15) is 0 Å². The van der Waals surface area contributed by atoms with Gasteiger partial charge in [0.2, 0.25) is 0 Å². The van der Waals surface area contributed by atoms with Crippen molar-refractivity contribution in [1.29, 1.82) is 0 Å². The number of thiocarbonyl (C=S) groups is 1. The molecule has 1 fully saturated rings. The average molecular weight is 448 g/mol. The third-order valence-corrected chi connectivity index (χ3v) is 5.91. The van der Waals surface area contributed by atoms with Gasteiger partial charge in [0, 0.05) is 0 Å². The summed E-state index contributed by atoms with van der Waals surface area (Å²) in [6.07, 6.45) is 1.84. The van der Waals surface area contributed by atoms with Crippen LogP contribution in [0.5, 0.6) is 11.5 Å². The van der Waals surface area contributed by atoms with E-state index < -0.39 is 0 Å². The van der Waals surface area contributed by atoms with Crippen molar-refractivity contribution in [1.82, 2.24) is 0 Å². The van der Waals surface area contributed by atoms with Gasteiger partial charge >= 0.3 is 0 Å². The second-order valence-corrected chi connectivity index (χ2v) is 8.44. The fourth-order valence-corrected chi connectivity index (χ4v) is 4.46. The Hall–Kier alpha value is -3.09. The molecular formula is C25H21NO3S2. The van der Waals surface area contributed by atoms with E-state index >= 15 is 0 Å². The molecule has 0 bridgehead atoms. The van der Waals surface area contributed by atoms with E-state index in [0.717, 1.165) is 16.8 Å². The maximum atomic E-state index is 13.0. The molecule has 3 aromatic carbocycles. The van der Waals surface area contributed by atoms with E-state index in [4.69, 9.17) is 21.7 Å². The van der Waals surface area contributed by atoms with Gasteiger partial charge in [-0.05, 0) is 48.4 Å². The summed E-state index contributed by atoms with van der Waals surface area (Å²) in [4.78, 5) is 15.1. The smallest absolute Gasteiger partial charge is 0.270 e. The van der Waals surface area contributed by atoms with Crippen LogP contribution in [0.25, 0.3) is 6.08 Å². The first-order valence-electron chi connectivity index (χ1n) is 9.92. The third-order valence-electron chi connectivity index (χ3n) is 4.61. The van der Waals surface area contributed by atoms with Gasteiger partial charge in [-0.3, -0.25) is 9.69 Å². The number of hydrogen-bond donors (Lipinski definition) is 0. The number of hydrogen-bond acceptors (Lipinski definition) is 5. The SMILES string of the molecule is CCOc1cc(/C=C2/SC(=S)N(c3ccccc3)C2=O)ccc1OCc1ccccc1. The number of amides is 1. The lowest BCUT2D eigenvalue weighted by molar-refractivity contribution is -0.113. The van der Waals surface area contributed by atoms with E-state index in [1.54, 1.807) is 4.90 Å². The molecule has 0 aromatic heterocycles. The second kappa shape index (κ2) is 9.81. The predicted octanol–water partition coefficient (Wildman–Crippen LogP) is 6.07. The zero-order chi connectivity index (χ0) is 21.6. The molecule has 0 atom stereocenters. The minimum Gasteiger partial charge on any atom is -0.490 e. The number of carbonyl (C=O) groups excluding carboxylic acids is 1. The van der Waals surface area contributed by atoms with Crippen LogP contribution < -0.4 is 14.4 Å². The van der Waals surface area contributed by atoms with Crippen molar-refractivity contribution in [3.8, 4) is 11.5 Å². The molecule has 0 N–H and O–H groups in total. The fourth-order valence-electron chi connectivity index (χ4n) is 3.16. The van der Waals surface area contributed by atoms with E-state index in [0.29, 0.717) is 33.9 Å². The highest BCUT2D eigenvalue weighted by Gasteiger charge is 2.33. The number of ether oxygens (including phenoxy) is 2. The fraction of sp³-hybridized carbons (Fsp3) is 0.120. The molecule has 0 radical (unpaired) electrons. The number of carbonyl (C=O) groups is 1. The van der Waals surface area contributed by atoms with Gasteiger partial charge in [-0.25, -0.2) is 0 Å². The number of nitrogens with zero attached hydrogens (tertiary/aromatic N) is 1. The minimum absolute atomic E-state index is 0.122. The topological polar surface area (TPSA) is 38.8 Å². The Labute approximate surface area is 191 Å². The number of benzene rings is 3. The molecule has 1 aliphatic heterocycles. The summed E-state index contributed by atoms with van der Waals surface area (Å²) in [7, 11) is 0. The van der Waals surface area contributed by atoms with Crippen molar-refractivity contribution in [3.05, 3.63) is 94.9 Å². The summed E-state index contributed by atoms with van der Waals surface area (Å²) in [5.74, 6) is 1.19. The molecule has 31 heavy (non-hydrogen) atoms. The maximum Gasteiger partial charge on any atom is 0.270 e. The van der Waals surface area contributed by atoms with Gasteiger partial charge < -0.3 is 9.47 Å². The zero-order valence-electron chi connectivity index (χ0n) is 17.0. The molecule has 0 unspecified atom stereocenters. The minimum atomic E-state index is -0.122. The molecule has 4 nitrogen and oxygen atoms in total. The van der Waals surface area contributed by atoms with E-state index in [9.17, 15) is 4.79 Å². The molecule has 0 saturated carbocycles. The summed E-state index contributed by atoms with van der Waals surface area (Å²) >= 11 is 6.74. The van der Waals surface area contributed by atoms with Crippen molar-refractivity contribution in [2.45, 2.75) is 13.5 Å². The van der Waals surface area contributed by atoms with E-state index in [-0.39, 0.29) is 5.91 Å². The third kappa shape index (κ3) is 4.98. The van der Waals surface area contributed by atoms with Crippen molar-refractivity contribution in [3.63, 3.8) is 0 Å². The Kier molecular flexibility index (Phi) is 6.70. The normalized spacial score (nSPS) is 14.9. The Morgan fingerprint density at radius 2 is 1.65 bits per heavy atom.